The zero-order valence-electron chi connectivity index (χ0n) is 14.8. The topological polar surface area (TPSA) is 41.8 Å². The number of hydrogen-bond acceptors (Lipinski definition) is 3. The number of benzene rings is 1. The van der Waals surface area contributed by atoms with Crippen molar-refractivity contribution in [1.29, 1.82) is 0 Å². The number of aliphatic imine (C=N–C) groups is 1. The van der Waals surface area contributed by atoms with Crippen LogP contribution >= 0.6 is 17.0 Å². The van der Waals surface area contributed by atoms with Gasteiger partial charge in [-0.1, -0.05) is 34.6 Å². The van der Waals surface area contributed by atoms with E-state index in [1.54, 1.807) is 13.3 Å². The summed E-state index contributed by atoms with van der Waals surface area (Å²) in [4.78, 5) is 4.40. The van der Waals surface area contributed by atoms with Crippen LogP contribution in [0.15, 0.2) is 17.1 Å². The van der Waals surface area contributed by atoms with Crippen LogP contribution in [0.4, 0.5) is 0 Å². The molecule has 0 bridgehead atoms. The number of nitrogens with zero attached hydrogens (tertiary/aromatic N) is 1. The summed E-state index contributed by atoms with van der Waals surface area (Å²) in [5.74, 6) is 1.68. The number of hydrogen-bond donors (Lipinski definition) is 1. The molecular formula is C17H27Cl2NO2Zr. The van der Waals surface area contributed by atoms with Crippen molar-refractivity contribution < 1.29 is 30.7 Å². The molecule has 0 unspecified atom stereocenters. The molecule has 0 aliphatic heterocycles. The second kappa shape index (κ2) is 11.5. The van der Waals surface area contributed by atoms with Gasteiger partial charge in [0, 0.05) is 23.9 Å². The van der Waals surface area contributed by atoms with Crippen molar-refractivity contribution >= 4 is 23.2 Å². The predicted molar refractivity (Wildman–Crippen MR) is 97.0 cm³/mol. The van der Waals surface area contributed by atoms with Gasteiger partial charge in [0.05, 0.1) is 7.11 Å². The van der Waals surface area contributed by atoms with Crippen LogP contribution in [0.25, 0.3) is 0 Å². The molecule has 0 atom stereocenters. The summed E-state index contributed by atoms with van der Waals surface area (Å²) in [5, 5.41) is 10.4. The number of rotatable bonds is 5. The maximum atomic E-state index is 10.4. The zero-order valence-corrected chi connectivity index (χ0v) is 18.8. The Hall–Kier alpha value is -0.0469. The van der Waals surface area contributed by atoms with Crippen LogP contribution in [-0.4, -0.2) is 25.0 Å². The Kier molecular flexibility index (Phi) is 11.5. The van der Waals surface area contributed by atoms with E-state index < -0.39 is 20.8 Å². The third-order valence-electron chi connectivity index (χ3n) is 3.22. The van der Waals surface area contributed by atoms with E-state index >= 15 is 0 Å². The van der Waals surface area contributed by atoms with Gasteiger partial charge in [-0.3, -0.25) is 4.99 Å². The first-order valence-electron chi connectivity index (χ1n) is 7.54. The third-order valence-corrected chi connectivity index (χ3v) is 3.22. The molecule has 0 radical (unpaired) electrons. The van der Waals surface area contributed by atoms with Crippen molar-refractivity contribution in [2.75, 3.05) is 13.7 Å². The Labute approximate surface area is 159 Å². The molecule has 130 valence electrons. The summed E-state index contributed by atoms with van der Waals surface area (Å²) in [7, 11) is 11.5. The summed E-state index contributed by atoms with van der Waals surface area (Å²) < 4.78 is 5.32. The van der Waals surface area contributed by atoms with E-state index in [1.807, 2.05) is 12.1 Å². The van der Waals surface area contributed by atoms with Crippen molar-refractivity contribution in [2.45, 2.75) is 46.5 Å². The number of aromatic hydroxyl groups is 1. The Morgan fingerprint density at radius 2 is 1.87 bits per heavy atom. The molecule has 1 aromatic rings. The SMILES string of the molecule is COc1cc(C=NCCC(C)C)c(O)c(C(C)(C)C)c1.[Cl][Zr][Cl]. The summed E-state index contributed by atoms with van der Waals surface area (Å²) in [6, 6.07) is 3.71. The predicted octanol–water partition coefficient (Wildman–Crippen LogP) is 5.54. The molecule has 1 aromatic carbocycles. The van der Waals surface area contributed by atoms with E-state index in [0.29, 0.717) is 11.7 Å². The van der Waals surface area contributed by atoms with Gasteiger partial charge in [-0.2, -0.15) is 0 Å². The van der Waals surface area contributed by atoms with Gasteiger partial charge in [-0.25, -0.2) is 0 Å². The Balaban J connectivity index is 0.00000149. The van der Waals surface area contributed by atoms with Crippen molar-refractivity contribution in [3.63, 3.8) is 0 Å². The molecule has 0 aromatic heterocycles. The van der Waals surface area contributed by atoms with Gasteiger partial charge in [0.1, 0.15) is 11.5 Å². The van der Waals surface area contributed by atoms with Crippen molar-refractivity contribution in [2.24, 2.45) is 10.9 Å². The van der Waals surface area contributed by atoms with Crippen LogP contribution in [0, 0.1) is 5.92 Å². The quantitative estimate of drug-likeness (QED) is 0.612. The maximum absolute atomic E-state index is 10.4. The second-order valence-electron chi connectivity index (χ2n) is 6.65. The van der Waals surface area contributed by atoms with E-state index in [9.17, 15) is 5.11 Å². The van der Waals surface area contributed by atoms with Crippen LogP contribution in [-0.2, 0) is 26.3 Å². The average Bonchev–Trinajstić information content (AvgIpc) is 2.44. The first-order valence-corrected chi connectivity index (χ1v) is 13.9. The first kappa shape index (κ1) is 23.0. The molecule has 0 amide bonds. The number of phenolic OH excluding ortho intramolecular Hbond substituents is 1. The van der Waals surface area contributed by atoms with Crippen molar-refractivity contribution in [1.82, 2.24) is 0 Å². The number of methoxy groups -OCH3 is 1. The molecule has 0 aliphatic carbocycles. The summed E-state index contributed by atoms with van der Waals surface area (Å²) >= 11 is -0.826. The molecule has 0 saturated heterocycles. The minimum absolute atomic E-state index is 0.140. The van der Waals surface area contributed by atoms with Crippen molar-refractivity contribution in [3.05, 3.63) is 23.3 Å². The number of halogens is 2. The van der Waals surface area contributed by atoms with Crippen LogP contribution in [0.1, 0.15) is 52.2 Å². The van der Waals surface area contributed by atoms with Gasteiger partial charge in [-0.15, -0.1) is 0 Å². The molecule has 0 saturated carbocycles. The van der Waals surface area contributed by atoms with Crippen LogP contribution in [0.5, 0.6) is 11.5 Å². The van der Waals surface area contributed by atoms with Crippen LogP contribution < -0.4 is 4.74 Å². The molecule has 0 spiro atoms. The van der Waals surface area contributed by atoms with Crippen LogP contribution in [0.2, 0.25) is 0 Å². The Bertz CT molecular complexity index is 500. The average molecular weight is 440 g/mol. The molecule has 1 rings (SSSR count). The fourth-order valence-electron chi connectivity index (χ4n) is 1.91. The van der Waals surface area contributed by atoms with Gasteiger partial charge >= 0.3 is 37.9 Å². The minimum atomic E-state index is -0.826. The van der Waals surface area contributed by atoms with E-state index in [1.165, 1.54) is 0 Å². The summed E-state index contributed by atoms with van der Waals surface area (Å²) in [6.45, 7) is 11.3. The summed E-state index contributed by atoms with van der Waals surface area (Å²) in [6.07, 6.45) is 2.79. The third kappa shape index (κ3) is 9.12. The number of ether oxygens (including phenoxy) is 1. The Morgan fingerprint density at radius 1 is 1.30 bits per heavy atom. The number of phenols is 1. The fraction of sp³-hybridized carbons (Fsp3) is 0.588. The van der Waals surface area contributed by atoms with Gasteiger partial charge in [0.25, 0.3) is 0 Å². The van der Waals surface area contributed by atoms with E-state index in [2.05, 4.69) is 39.6 Å². The molecule has 3 nitrogen and oxygen atoms in total. The van der Waals surface area contributed by atoms with Gasteiger partial charge < -0.3 is 9.84 Å². The van der Waals surface area contributed by atoms with Crippen LogP contribution in [0.3, 0.4) is 0 Å². The van der Waals surface area contributed by atoms with Gasteiger partial charge in [-0.05, 0) is 29.9 Å². The summed E-state index contributed by atoms with van der Waals surface area (Å²) in [5.41, 5.74) is 1.46. The van der Waals surface area contributed by atoms with E-state index in [0.717, 1.165) is 29.8 Å². The molecule has 0 fully saturated rings. The molecular weight excluding hydrogens is 412 g/mol. The molecule has 6 heteroatoms. The molecule has 1 N–H and O–H groups in total. The standard InChI is InChI=1S/C17H27NO2.2ClH.Zr/c1-12(2)7-8-18-11-13-9-14(20-6)10-15(16(13)19)17(3,4)5;;;/h9-12,19H,7-8H2,1-6H3;2*1H;/q;;;+2/p-2. The van der Waals surface area contributed by atoms with E-state index in [4.69, 9.17) is 21.8 Å². The monoisotopic (exact) mass is 437 g/mol. The zero-order chi connectivity index (χ0) is 18.0. The second-order valence-corrected chi connectivity index (χ2v) is 10.4. The molecule has 0 aliphatic rings. The van der Waals surface area contributed by atoms with Gasteiger partial charge in [0.15, 0.2) is 0 Å². The molecule has 0 heterocycles. The van der Waals surface area contributed by atoms with E-state index in [-0.39, 0.29) is 5.41 Å². The normalized spacial score (nSPS) is 11.3. The van der Waals surface area contributed by atoms with Crippen molar-refractivity contribution in [3.8, 4) is 11.5 Å². The fourth-order valence-corrected chi connectivity index (χ4v) is 1.91. The first-order chi connectivity index (χ1) is 10.7. The molecule has 23 heavy (non-hydrogen) atoms. The Morgan fingerprint density at radius 3 is 2.30 bits per heavy atom. The van der Waals surface area contributed by atoms with Gasteiger partial charge in [0.2, 0.25) is 0 Å².